The molecule has 0 spiro atoms. The monoisotopic (exact) mass is 248 g/mol. The summed E-state index contributed by atoms with van der Waals surface area (Å²) in [7, 11) is 0. The Morgan fingerprint density at radius 2 is 1.82 bits per heavy atom. The smallest absolute Gasteiger partial charge is 0.130 e. The van der Waals surface area contributed by atoms with Crippen LogP contribution in [0.2, 0.25) is 0 Å². The first-order valence-electron chi connectivity index (χ1n) is 5.77. The SMILES string of the molecule is CC(C)(C)SCCC(N)(C#N)c1ccccc1. The molecule has 0 radical (unpaired) electrons. The zero-order chi connectivity index (χ0) is 12.9. The van der Waals surface area contributed by atoms with Crippen molar-refractivity contribution < 1.29 is 0 Å². The molecule has 2 nitrogen and oxygen atoms in total. The van der Waals surface area contributed by atoms with E-state index in [1.54, 1.807) is 0 Å². The summed E-state index contributed by atoms with van der Waals surface area (Å²) >= 11 is 1.84. The Morgan fingerprint density at radius 1 is 1.24 bits per heavy atom. The van der Waals surface area contributed by atoms with Crippen molar-refractivity contribution in [2.75, 3.05) is 5.75 Å². The van der Waals surface area contributed by atoms with Gasteiger partial charge in [0.25, 0.3) is 0 Å². The minimum Gasteiger partial charge on any atom is -0.310 e. The number of rotatable bonds is 4. The summed E-state index contributed by atoms with van der Waals surface area (Å²) in [6, 6.07) is 11.9. The van der Waals surface area contributed by atoms with Crippen molar-refractivity contribution in [1.29, 1.82) is 5.26 Å². The minimum atomic E-state index is -0.862. The highest BCUT2D eigenvalue weighted by Gasteiger charge is 2.27. The molecule has 0 bridgehead atoms. The summed E-state index contributed by atoms with van der Waals surface area (Å²) in [4.78, 5) is 0. The highest BCUT2D eigenvalue weighted by Crippen LogP contribution is 2.29. The van der Waals surface area contributed by atoms with Crippen LogP contribution in [0.4, 0.5) is 0 Å². The van der Waals surface area contributed by atoms with Crippen molar-refractivity contribution in [3.05, 3.63) is 35.9 Å². The van der Waals surface area contributed by atoms with E-state index in [4.69, 9.17) is 5.73 Å². The van der Waals surface area contributed by atoms with Crippen LogP contribution in [-0.4, -0.2) is 10.5 Å². The molecule has 1 unspecified atom stereocenters. The number of nitrogens with zero attached hydrogens (tertiary/aromatic N) is 1. The first kappa shape index (κ1) is 14.1. The van der Waals surface area contributed by atoms with Crippen LogP contribution in [0.1, 0.15) is 32.8 Å². The Bertz CT molecular complexity index is 389. The van der Waals surface area contributed by atoms with Crippen LogP contribution in [0.3, 0.4) is 0 Å². The lowest BCUT2D eigenvalue weighted by Crippen LogP contribution is -2.35. The van der Waals surface area contributed by atoms with Gasteiger partial charge in [-0.25, -0.2) is 0 Å². The summed E-state index contributed by atoms with van der Waals surface area (Å²) in [6.07, 6.45) is 0.676. The van der Waals surface area contributed by atoms with Gasteiger partial charge in [0.05, 0.1) is 6.07 Å². The average molecular weight is 248 g/mol. The molecule has 0 amide bonds. The fraction of sp³-hybridized carbons (Fsp3) is 0.500. The van der Waals surface area contributed by atoms with E-state index in [9.17, 15) is 5.26 Å². The molecule has 1 rings (SSSR count). The van der Waals surface area contributed by atoms with Gasteiger partial charge in [0.1, 0.15) is 5.54 Å². The Labute approximate surface area is 108 Å². The minimum absolute atomic E-state index is 0.215. The van der Waals surface area contributed by atoms with Crippen molar-refractivity contribution in [2.45, 2.75) is 37.5 Å². The first-order valence-corrected chi connectivity index (χ1v) is 6.75. The molecule has 0 heterocycles. The largest absolute Gasteiger partial charge is 0.310 e. The van der Waals surface area contributed by atoms with Gasteiger partial charge in [0, 0.05) is 4.75 Å². The second-order valence-corrected chi connectivity index (χ2v) is 7.08. The van der Waals surface area contributed by atoms with E-state index < -0.39 is 5.54 Å². The first-order chi connectivity index (χ1) is 7.87. The highest BCUT2D eigenvalue weighted by molar-refractivity contribution is 8.00. The highest BCUT2D eigenvalue weighted by atomic mass is 32.2. The lowest BCUT2D eigenvalue weighted by Gasteiger charge is -2.24. The van der Waals surface area contributed by atoms with Crippen LogP contribution in [-0.2, 0) is 5.54 Å². The lowest BCUT2D eigenvalue weighted by atomic mass is 9.90. The Morgan fingerprint density at radius 3 is 2.29 bits per heavy atom. The standard InChI is InChI=1S/C14H20N2S/c1-13(2,3)17-10-9-14(16,11-15)12-7-5-4-6-8-12/h4-8H,9-10,16H2,1-3H3. The molecule has 1 aromatic carbocycles. The number of nitrogens with two attached hydrogens (primary N) is 1. The van der Waals surface area contributed by atoms with E-state index in [-0.39, 0.29) is 4.75 Å². The Balaban J connectivity index is 2.68. The van der Waals surface area contributed by atoms with E-state index in [1.807, 2.05) is 42.1 Å². The molecule has 17 heavy (non-hydrogen) atoms. The fourth-order valence-electron chi connectivity index (χ4n) is 1.52. The summed E-state index contributed by atoms with van der Waals surface area (Å²) in [5, 5.41) is 9.28. The molecule has 2 N–H and O–H groups in total. The molecule has 0 aliphatic heterocycles. The van der Waals surface area contributed by atoms with Crippen LogP contribution >= 0.6 is 11.8 Å². The molecule has 0 saturated heterocycles. The third kappa shape index (κ3) is 4.41. The fourth-order valence-corrected chi connectivity index (χ4v) is 2.55. The summed E-state index contributed by atoms with van der Waals surface area (Å²) in [5.41, 5.74) is 6.21. The van der Waals surface area contributed by atoms with Crippen molar-refractivity contribution in [3.8, 4) is 6.07 Å². The molecule has 0 fully saturated rings. The van der Waals surface area contributed by atoms with E-state index >= 15 is 0 Å². The quantitative estimate of drug-likeness (QED) is 0.889. The normalized spacial score (nSPS) is 15.0. The van der Waals surface area contributed by atoms with Gasteiger partial charge < -0.3 is 5.73 Å². The van der Waals surface area contributed by atoms with Crippen LogP contribution < -0.4 is 5.73 Å². The Hall–Kier alpha value is -0.980. The van der Waals surface area contributed by atoms with Gasteiger partial charge in [-0.15, -0.1) is 0 Å². The van der Waals surface area contributed by atoms with Gasteiger partial charge in [0.15, 0.2) is 0 Å². The van der Waals surface area contributed by atoms with E-state index in [2.05, 4.69) is 26.8 Å². The molecule has 0 aliphatic carbocycles. The third-order valence-electron chi connectivity index (χ3n) is 2.52. The van der Waals surface area contributed by atoms with Crippen LogP contribution in [0, 0.1) is 11.3 Å². The average Bonchev–Trinajstić information content (AvgIpc) is 2.28. The maximum Gasteiger partial charge on any atom is 0.130 e. The van der Waals surface area contributed by atoms with E-state index in [1.165, 1.54) is 0 Å². The number of benzene rings is 1. The maximum absolute atomic E-state index is 9.28. The molecule has 92 valence electrons. The zero-order valence-corrected chi connectivity index (χ0v) is 11.6. The molecule has 0 aliphatic rings. The van der Waals surface area contributed by atoms with Gasteiger partial charge in [-0.05, 0) is 17.7 Å². The molecule has 0 saturated carbocycles. The maximum atomic E-state index is 9.28. The van der Waals surface area contributed by atoms with Crippen LogP contribution in [0.5, 0.6) is 0 Å². The summed E-state index contributed by atoms with van der Waals surface area (Å²) in [5.74, 6) is 0.891. The van der Waals surface area contributed by atoms with Crippen molar-refractivity contribution in [3.63, 3.8) is 0 Å². The molecule has 1 aromatic rings. The van der Waals surface area contributed by atoms with Gasteiger partial charge >= 0.3 is 0 Å². The zero-order valence-electron chi connectivity index (χ0n) is 10.7. The molecular formula is C14H20N2S. The van der Waals surface area contributed by atoms with E-state index in [0.29, 0.717) is 6.42 Å². The van der Waals surface area contributed by atoms with E-state index in [0.717, 1.165) is 11.3 Å². The molecule has 1 atom stereocenters. The number of hydrogen-bond acceptors (Lipinski definition) is 3. The second-order valence-electron chi connectivity index (χ2n) is 5.16. The Kier molecular flexibility index (Phi) is 4.62. The van der Waals surface area contributed by atoms with Gasteiger partial charge in [0.2, 0.25) is 0 Å². The van der Waals surface area contributed by atoms with Crippen molar-refractivity contribution in [1.82, 2.24) is 0 Å². The van der Waals surface area contributed by atoms with Crippen molar-refractivity contribution >= 4 is 11.8 Å². The number of thioether (sulfide) groups is 1. The van der Waals surface area contributed by atoms with Gasteiger partial charge in [-0.2, -0.15) is 17.0 Å². The summed E-state index contributed by atoms with van der Waals surface area (Å²) < 4.78 is 0.215. The van der Waals surface area contributed by atoms with Gasteiger partial charge in [-0.3, -0.25) is 0 Å². The number of hydrogen-bond donors (Lipinski definition) is 1. The lowest BCUT2D eigenvalue weighted by molar-refractivity contribution is 0.559. The molecule has 3 heteroatoms. The molecule has 0 aromatic heterocycles. The topological polar surface area (TPSA) is 49.8 Å². The number of nitriles is 1. The third-order valence-corrected chi connectivity index (χ3v) is 3.79. The predicted molar refractivity (Wildman–Crippen MR) is 74.7 cm³/mol. The molecular weight excluding hydrogens is 228 g/mol. The summed E-state index contributed by atoms with van der Waals surface area (Å²) in [6.45, 7) is 6.51. The van der Waals surface area contributed by atoms with Crippen LogP contribution in [0.15, 0.2) is 30.3 Å². The predicted octanol–water partition coefficient (Wildman–Crippen LogP) is 3.29. The second kappa shape index (κ2) is 5.57. The van der Waals surface area contributed by atoms with Gasteiger partial charge in [-0.1, -0.05) is 51.1 Å². The van der Waals surface area contributed by atoms with Crippen molar-refractivity contribution in [2.24, 2.45) is 5.73 Å². The van der Waals surface area contributed by atoms with Crippen LogP contribution in [0.25, 0.3) is 0 Å².